The van der Waals surface area contributed by atoms with E-state index >= 15 is 0 Å². The van der Waals surface area contributed by atoms with Gasteiger partial charge < -0.3 is 14.5 Å². The molecule has 1 amide bonds. The fraction of sp³-hybridized carbons (Fsp3) is 0.529. The highest BCUT2D eigenvalue weighted by Gasteiger charge is 2.48. The van der Waals surface area contributed by atoms with Crippen molar-refractivity contribution in [3.05, 3.63) is 42.1 Å². The summed E-state index contributed by atoms with van der Waals surface area (Å²) in [6.45, 7) is 2.65. The molecule has 128 valence electrons. The fourth-order valence-corrected chi connectivity index (χ4v) is 3.76. The number of nitrogens with one attached hydrogen (secondary N) is 1. The average molecular weight is 330 g/mol. The predicted molar refractivity (Wildman–Crippen MR) is 85.8 cm³/mol. The van der Waals surface area contributed by atoms with Gasteiger partial charge >= 0.3 is 0 Å². The highest BCUT2D eigenvalue weighted by atomic mass is 16.5. The number of carbonyl (C=O) groups excluding carboxylic acids is 1. The quantitative estimate of drug-likeness (QED) is 0.882. The lowest BCUT2D eigenvalue weighted by molar-refractivity contribution is -0.127. The first kappa shape index (κ1) is 15.4. The summed E-state index contributed by atoms with van der Waals surface area (Å²) in [7, 11) is 1.95. The van der Waals surface area contributed by atoms with Gasteiger partial charge in [0, 0.05) is 39.0 Å². The first-order valence-electron chi connectivity index (χ1n) is 8.35. The van der Waals surface area contributed by atoms with Gasteiger partial charge in [0.05, 0.1) is 30.5 Å². The molecule has 4 heterocycles. The molecule has 2 aromatic heterocycles. The molecule has 24 heavy (non-hydrogen) atoms. The van der Waals surface area contributed by atoms with Gasteiger partial charge in [0.2, 0.25) is 5.91 Å². The molecule has 7 nitrogen and oxygen atoms in total. The molecule has 0 aromatic carbocycles. The van der Waals surface area contributed by atoms with Crippen molar-refractivity contribution in [2.75, 3.05) is 13.2 Å². The standard InChI is InChI=1S/C17H22N4O3/c1-20-12(4-6-19-20)10-21-11-14(16-15(21)5-8-24-16)17(22)18-9-13-3-2-7-23-13/h2-4,6-7,14-16H,5,8-11H2,1H3,(H,18,22)/t14-,15+,16+/m0/s1. The SMILES string of the molecule is Cn1nccc1CN1C[C@H](C(=O)NCc2ccco2)[C@H]2OCC[C@H]21. The Balaban J connectivity index is 1.42. The van der Waals surface area contributed by atoms with E-state index in [1.807, 2.05) is 36.1 Å². The Labute approximate surface area is 140 Å². The maximum atomic E-state index is 12.6. The Morgan fingerprint density at radius 3 is 3.12 bits per heavy atom. The zero-order chi connectivity index (χ0) is 16.5. The maximum Gasteiger partial charge on any atom is 0.227 e. The second-order valence-electron chi connectivity index (χ2n) is 6.47. The summed E-state index contributed by atoms with van der Waals surface area (Å²) in [4.78, 5) is 15.0. The van der Waals surface area contributed by atoms with E-state index in [2.05, 4.69) is 15.3 Å². The van der Waals surface area contributed by atoms with Crippen LogP contribution in [0.15, 0.2) is 35.1 Å². The van der Waals surface area contributed by atoms with Gasteiger partial charge in [-0.05, 0) is 24.6 Å². The van der Waals surface area contributed by atoms with Crippen LogP contribution in [0.1, 0.15) is 17.9 Å². The molecule has 2 aliphatic heterocycles. The Morgan fingerprint density at radius 2 is 2.38 bits per heavy atom. The van der Waals surface area contributed by atoms with Gasteiger partial charge in [-0.25, -0.2) is 0 Å². The number of ether oxygens (including phenoxy) is 1. The lowest BCUT2D eigenvalue weighted by Crippen LogP contribution is -2.37. The monoisotopic (exact) mass is 330 g/mol. The van der Waals surface area contributed by atoms with E-state index in [4.69, 9.17) is 9.15 Å². The normalized spacial score (nSPS) is 26.6. The van der Waals surface area contributed by atoms with Gasteiger partial charge in [-0.1, -0.05) is 0 Å². The Bertz CT molecular complexity index is 697. The van der Waals surface area contributed by atoms with Crippen molar-refractivity contribution in [1.29, 1.82) is 0 Å². The first-order valence-corrected chi connectivity index (χ1v) is 8.35. The Morgan fingerprint density at radius 1 is 1.46 bits per heavy atom. The zero-order valence-electron chi connectivity index (χ0n) is 13.7. The van der Waals surface area contributed by atoms with Crippen LogP contribution in [0.4, 0.5) is 0 Å². The average Bonchev–Trinajstić information content (AvgIpc) is 3.32. The van der Waals surface area contributed by atoms with Crippen LogP contribution < -0.4 is 5.32 Å². The van der Waals surface area contributed by atoms with Crippen molar-refractivity contribution in [2.45, 2.75) is 31.7 Å². The van der Waals surface area contributed by atoms with Gasteiger partial charge in [-0.2, -0.15) is 5.10 Å². The molecule has 3 atom stereocenters. The summed E-state index contributed by atoms with van der Waals surface area (Å²) in [5.74, 6) is 0.661. The van der Waals surface area contributed by atoms with E-state index in [0.717, 1.165) is 31.0 Å². The predicted octanol–water partition coefficient (Wildman–Crippen LogP) is 0.919. The molecule has 2 aromatic rings. The van der Waals surface area contributed by atoms with E-state index < -0.39 is 0 Å². The number of aromatic nitrogens is 2. The number of fused-ring (bicyclic) bond motifs is 1. The molecule has 0 bridgehead atoms. The Hall–Kier alpha value is -2.12. The number of hydrogen-bond acceptors (Lipinski definition) is 5. The number of nitrogens with zero attached hydrogens (tertiary/aromatic N) is 3. The summed E-state index contributed by atoms with van der Waals surface area (Å²) < 4.78 is 13.0. The van der Waals surface area contributed by atoms with Crippen molar-refractivity contribution >= 4 is 5.91 Å². The number of amides is 1. The molecule has 1 N–H and O–H groups in total. The molecular formula is C17H22N4O3. The second kappa shape index (κ2) is 6.41. The Kier molecular flexibility index (Phi) is 4.12. The van der Waals surface area contributed by atoms with Crippen LogP contribution in [0.5, 0.6) is 0 Å². The summed E-state index contributed by atoms with van der Waals surface area (Å²) >= 11 is 0. The van der Waals surface area contributed by atoms with Gasteiger partial charge in [0.25, 0.3) is 0 Å². The van der Waals surface area contributed by atoms with Crippen LogP contribution >= 0.6 is 0 Å². The van der Waals surface area contributed by atoms with Crippen molar-refractivity contribution in [1.82, 2.24) is 20.0 Å². The van der Waals surface area contributed by atoms with Crippen LogP contribution in [0.3, 0.4) is 0 Å². The molecule has 4 rings (SSSR count). The molecule has 2 aliphatic rings. The summed E-state index contributed by atoms with van der Waals surface area (Å²) in [6.07, 6.45) is 4.38. The van der Waals surface area contributed by atoms with Gasteiger partial charge in [0.1, 0.15) is 5.76 Å². The minimum atomic E-state index is -0.138. The minimum absolute atomic E-state index is 0.0187. The van der Waals surface area contributed by atoms with E-state index in [0.29, 0.717) is 19.1 Å². The molecule has 0 saturated carbocycles. The molecular weight excluding hydrogens is 308 g/mol. The summed E-state index contributed by atoms with van der Waals surface area (Å²) in [5, 5.41) is 7.20. The summed E-state index contributed by atoms with van der Waals surface area (Å²) in [5.41, 5.74) is 1.15. The highest BCUT2D eigenvalue weighted by molar-refractivity contribution is 5.80. The molecule has 2 fully saturated rings. The molecule has 0 unspecified atom stereocenters. The number of carbonyl (C=O) groups is 1. The van der Waals surface area contributed by atoms with E-state index in [1.165, 1.54) is 0 Å². The number of rotatable bonds is 5. The number of hydrogen-bond donors (Lipinski definition) is 1. The molecule has 0 radical (unpaired) electrons. The largest absolute Gasteiger partial charge is 0.467 e. The zero-order valence-corrected chi connectivity index (χ0v) is 13.7. The fourth-order valence-electron chi connectivity index (χ4n) is 3.76. The third kappa shape index (κ3) is 2.85. The molecule has 2 saturated heterocycles. The van der Waals surface area contributed by atoms with Crippen LogP contribution in [0.25, 0.3) is 0 Å². The second-order valence-corrected chi connectivity index (χ2v) is 6.47. The molecule has 0 spiro atoms. The molecule has 7 heteroatoms. The van der Waals surface area contributed by atoms with Gasteiger partial charge in [-0.15, -0.1) is 0 Å². The highest BCUT2D eigenvalue weighted by Crippen LogP contribution is 2.34. The number of furan rings is 1. The minimum Gasteiger partial charge on any atom is -0.467 e. The third-order valence-electron chi connectivity index (χ3n) is 5.04. The van der Waals surface area contributed by atoms with Crippen molar-refractivity contribution in [3.63, 3.8) is 0 Å². The smallest absolute Gasteiger partial charge is 0.227 e. The van der Waals surface area contributed by atoms with E-state index in [9.17, 15) is 4.79 Å². The number of aryl methyl sites for hydroxylation is 1. The summed E-state index contributed by atoms with van der Waals surface area (Å²) in [6, 6.07) is 6.01. The van der Waals surface area contributed by atoms with Crippen LogP contribution in [0.2, 0.25) is 0 Å². The van der Waals surface area contributed by atoms with Gasteiger partial charge in [0.15, 0.2) is 0 Å². The number of likely N-dealkylation sites (tertiary alicyclic amines) is 1. The van der Waals surface area contributed by atoms with Crippen molar-refractivity contribution < 1.29 is 13.9 Å². The van der Waals surface area contributed by atoms with Crippen molar-refractivity contribution in [2.24, 2.45) is 13.0 Å². The maximum absolute atomic E-state index is 12.6. The van der Waals surface area contributed by atoms with Crippen LogP contribution in [-0.4, -0.2) is 45.9 Å². The first-order chi connectivity index (χ1) is 11.7. The third-order valence-corrected chi connectivity index (χ3v) is 5.04. The molecule has 0 aliphatic carbocycles. The van der Waals surface area contributed by atoms with E-state index in [1.54, 1.807) is 6.26 Å². The van der Waals surface area contributed by atoms with Gasteiger partial charge in [-0.3, -0.25) is 14.4 Å². The van der Waals surface area contributed by atoms with Crippen LogP contribution in [-0.2, 0) is 29.7 Å². The van der Waals surface area contributed by atoms with Crippen molar-refractivity contribution in [3.8, 4) is 0 Å². The van der Waals surface area contributed by atoms with E-state index in [-0.39, 0.29) is 17.9 Å². The lowest BCUT2D eigenvalue weighted by atomic mass is 10.0. The van der Waals surface area contributed by atoms with Crippen LogP contribution in [0, 0.1) is 5.92 Å². The topological polar surface area (TPSA) is 72.5 Å². The lowest BCUT2D eigenvalue weighted by Gasteiger charge is -2.21.